The third kappa shape index (κ3) is 5.16. The molecule has 0 fully saturated rings. The summed E-state index contributed by atoms with van der Waals surface area (Å²) in [6.07, 6.45) is 0.859. The number of benzene rings is 2. The third-order valence-corrected chi connectivity index (χ3v) is 5.00. The second-order valence-corrected chi connectivity index (χ2v) is 7.01. The summed E-state index contributed by atoms with van der Waals surface area (Å²) in [5.41, 5.74) is 3.01. The number of fused-ring (bicyclic) bond motifs is 1. The lowest BCUT2D eigenvalue weighted by Gasteiger charge is -2.29. The molecule has 1 amide bonds. The molecular weight excluding hydrogens is 384 g/mol. The van der Waals surface area contributed by atoms with Gasteiger partial charge in [-0.3, -0.25) is 9.69 Å². The maximum atomic E-state index is 12.7. The highest BCUT2D eigenvalue weighted by atomic mass is 16.5. The second-order valence-electron chi connectivity index (χ2n) is 7.01. The molecule has 7 nitrogen and oxygen atoms in total. The molecule has 0 unspecified atom stereocenters. The monoisotopic (exact) mass is 414 g/mol. The van der Waals surface area contributed by atoms with Crippen LogP contribution in [0.2, 0.25) is 0 Å². The zero-order valence-electron chi connectivity index (χ0n) is 18.1. The van der Waals surface area contributed by atoms with E-state index in [1.807, 2.05) is 19.9 Å². The number of ether oxygens (including phenoxy) is 4. The van der Waals surface area contributed by atoms with E-state index >= 15 is 0 Å². The molecule has 2 aromatic carbocycles. The molecule has 0 aliphatic carbocycles. The first kappa shape index (κ1) is 21.8. The number of anilines is 1. The Labute approximate surface area is 177 Å². The molecule has 0 bridgehead atoms. The normalized spacial score (nSPS) is 13.3. The van der Waals surface area contributed by atoms with Crippen LogP contribution < -0.4 is 24.3 Å². The van der Waals surface area contributed by atoms with Gasteiger partial charge in [-0.05, 0) is 55.7 Å². The minimum Gasteiger partial charge on any atom is -0.497 e. The molecule has 0 spiro atoms. The van der Waals surface area contributed by atoms with Crippen LogP contribution in [0.15, 0.2) is 30.3 Å². The highest BCUT2D eigenvalue weighted by Gasteiger charge is 2.22. The van der Waals surface area contributed by atoms with Crippen molar-refractivity contribution in [1.29, 1.82) is 0 Å². The molecule has 162 valence electrons. The second kappa shape index (κ2) is 10.2. The number of methoxy groups -OCH3 is 2. The van der Waals surface area contributed by atoms with Crippen molar-refractivity contribution in [3.63, 3.8) is 0 Å². The zero-order valence-corrected chi connectivity index (χ0v) is 18.1. The van der Waals surface area contributed by atoms with Crippen LogP contribution in [-0.4, -0.2) is 51.3 Å². The Morgan fingerprint density at radius 2 is 1.67 bits per heavy atom. The maximum Gasteiger partial charge on any atom is 0.238 e. The SMILES string of the molecule is CCOc1cc2c(cc1OCC)CN(CC(=O)Nc1cc(OC)ccc1OC)CC2. The number of rotatable bonds is 9. The average Bonchev–Trinajstić information content (AvgIpc) is 2.74. The van der Waals surface area contributed by atoms with Gasteiger partial charge in [0, 0.05) is 19.2 Å². The van der Waals surface area contributed by atoms with Gasteiger partial charge in [-0.2, -0.15) is 0 Å². The van der Waals surface area contributed by atoms with Gasteiger partial charge in [0.25, 0.3) is 0 Å². The van der Waals surface area contributed by atoms with Gasteiger partial charge in [0.05, 0.1) is 39.7 Å². The van der Waals surface area contributed by atoms with E-state index in [-0.39, 0.29) is 12.5 Å². The minimum atomic E-state index is -0.0963. The number of nitrogens with zero attached hydrogens (tertiary/aromatic N) is 1. The van der Waals surface area contributed by atoms with Crippen molar-refractivity contribution < 1.29 is 23.7 Å². The van der Waals surface area contributed by atoms with Crippen LogP contribution in [0, 0.1) is 0 Å². The molecule has 30 heavy (non-hydrogen) atoms. The van der Waals surface area contributed by atoms with Gasteiger partial charge in [-0.1, -0.05) is 0 Å². The van der Waals surface area contributed by atoms with E-state index in [0.717, 1.165) is 24.5 Å². The number of amides is 1. The summed E-state index contributed by atoms with van der Waals surface area (Å²) in [6, 6.07) is 9.44. The summed E-state index contributed by atoms with van der Waals surface area (Å²) in [5, 5.41) is 2.93. The van der Waals surface area contributed by atoms with Gasteiger partial charge in [0.1, 0.15) is 11.5 Å². The van der Waals surface area contributed by atoms with E-state index in [4.69, 9.17) is 18.9 Å². The molecule has 0 atom stereocenters. The Morgan fingerprint density at radius 1 is 0.967 bits per heavy atom. The molecule has 1 aliphatic heterocycles. The first-order valence-electron chi connectivity index (χ1n) is 10.2. The number of hydrogen-bond acceptors (Lipinski definition) is 6. The predicted molar refractivity (Wildman–Crippen MR) is 116 cm³/mol. The zero-order chi connectivity index (χ0) is 21.5. The van der Waals surface area contributed by atoms with Crippen LogP contribution in [0.1, 0.15) is 25.0 Å². The van der Waals surface area contributed by atoms with Crippen molar-refractivity contribution in [3.8, 4) is 23.0 Å². The topological polar surface area (TPSA) is 69.3 Å². The van der Waals surface area contributed by atoms with Crippen LogP contribution in [-0.2, 0) is 17.8 Å². The number of hydrogen-bond donors (Lipinski definition) is 1. The molecule has 3 rings (SSSR count). The van der Waals surface area contributed by atoms with Crippen molar-refractivity contribution in [2.75, 3.05) is 45.8 Å². The molecule has 0 saturated carbocycles. The fraction of sp³-hybridized carbons (Fsp3) is 0.435. The molecule has 2 aromatic rings. The first-order chi connectivity index (χ1) is 14.6. The quantitative estimate of drug-likeness (QED) is 0.677. The molecule has 1 aliphatic rings. The van der Waals surface area contributed by atoms with Crippen LogP contribution in [0.5, 0.6) is 23.0 Å². The lowest BCUT2D eigenvalue weighted by molar-refractivity contribution is -0.117. The van der Waals surface area contributed by atoms with Gasteiger partial charge in [-0.15, -0.1) is 0 Å². The lowest BCUT2D eigenvalue weighted by Crippen LogP contribution is -2.37. The molecule has 0 radical (unpaired) electrons. The van der Waals surface area contributed by atoms with Gasteiger partial charge < -0.3 is 24.3 Å². The predicted octanol–water partition coefficient (Wildman–Crippen LogP) is 3.50. The van der Waals surface area contributed by atoms with E-state index in [9.17, 15) is 4.79 Å². The Hall–Kier alpha value is -2.93. The number of nitrogens with one attached hydrogen (secondary N) is 1. The molecule has 0 saturated heterocycles. The Bertz CT molecular complexity index is 884. The summed E-state index contributed by atoms with van der Waals surface area (Å²) >= 11 is 0. The standard InChI is InChI=1S/C23H30N2O5/c1-5-29-21-11-16-9-10-25(14-17(16)12-22(21)30-6-2)15-23(26)24-19-13-18(27-3)7-8-20(19)28-4/h7-8,11-13H,5-6,9-10,14-15H2,1-4H3,(H,24,26). The van der Waals surface area contributed by atoms with Crippen LogP contribution in [0.4, 0.5) is 5.69 Å². The van der Waals surface area contributed by atoms with Gasteiger partial charge >= 0.3 is 0 Å². The van der Waals surface area contributed by atoms with Gasteiger partial charge in [0.15, 0.2) is 11.5 Å². The molecular formula is C23H30N2O5. The summed E-state index contributed by atoms with van der Waals surface area (Å²) < 4.78 is 22.1. The Balaban J connectivity index is 1.68. The fourth-order valence-corrected chi connectivity index (χ4v) is 3.60. The molecule has 1 N–H and O–H groups in total. The van der Waals surface area contributed by atoms with Crippen molar-refractivity contribution in [2.45, 2.75) is 26.8 Å². The number of carbonyl (C=O) groups excluding carboxylic acids is 1. The fourth-order valence-electron chi connectivity index (χ4n) is 3.60. The molecule has 7 heteroatoms. The Morgan fingerprint density at radius 3 is 2.30 bits per heavy atom. The third-order valence-electron chi connectivity index (χ3n) is 5.00. The van der Waals surface area contributed by atoms with E-state index in [1.165, 1.54) is 11.1 Å². The van der Waals surface area contributed by atoms with E-state index in [0.29, 0.717) is 36.9 Å². The van der Waals surface area contributed by atoms with E-state index < -0.39 is 0 Å². The highest BCUT2D eigenvalue weighted by molar-refractivity contribution is 5.94. The van der Waals surface area contributed by atoms with Crippen molar-refractivity contribution >= 4 is 11.6 Å². The van der Waals surface area contributed by atoms with Gasteiger partial charge in [0.2, 0.25) is 5.91 Å². The summed E-state index contributed by atoms with van der Waals surface area (Å²) in [5.74, 6) is 2.70. The molecule has 0 aromatic heterocycles. The summed E-state index contributed by atoms with van der Waals surface area (Å²) in [6.45, 7) is 6.87. The van der Waals surface area contributed by atoms with Crippen LogP contribution in [0.25, 0.3) is 0 Å². The highest BCUT2D eigenvalue weighted by Crippen LogP contribution is 2.34. The lowest BCUT2D eigenvalue weighted by atomic mass is 9.98. The largest absolute Gasteiger partial charge is 0.497 e. The van der Waals surface area contributed by atoms with Gasteiger partial charge in [-0.25, -0.2) is 0 Å². The van der Waals surface area contributed by atoms with Crippen molar-refractivity contribution in [1.82, 2.24) is 4.90 Å². The van der Waals surface area contributed by atoms with Crippen molar-refractivity contribution in [3.05, 3.63) is 41.5 Å². The van der Waals surface area contributed by atoms with E-state index in [2.05, 4.69) is 16.3 Å². The molecule has 1 heterocycles. The van der Waals surface area contributed by atoms with Crippen LogP contribution >= 0.6 is 0 Å². The number of carbonyl (C=O) groups is 1. The Kier molecular flexibility index (Phi) is 7.41. The average molecular weight is 415 g/mol. The summed E-state index contributed by atoms with van der Waals surface area (Å²) in [7, 11) is 3.16. The van der Waals surface area contributed by atoms with Crippen molar-refractivity contribution in [2.24, 2.45) is 0 Å². The van der Waals surface area contributed by atoms with Crippen LogP contribution in [0.3, 0.4) is 0 Å². The maximum absolute atomic E-state index is 12.7. The smallest absolute Gasteiger partial charge is 0.238 e. The summed E-state index contributed by atoms with van der Waals surface area (Å²) in [4.78, 5) is 14.8. The minimum absolute atomic E-state index is 0.0963. The first-order valence-corrected chi connectivity index (χ1v) is 10.2. The van der Waals surface area contributed by atoms with E-state index in [1.54, 1.807) is 32.4 Å².